The molecule has 36 heavy (non-hydrogen) atoms. The summed E-state index contributed by atoms with van der Waals surface area (Å²) in [5.41, 5.74) is -2.93. The van der Waals surface area contributed by atoms with E-state index in [2.05, 4.69) is 10.4 Å². The van der Waals surface area contributed by atoms with Gasteiger partial charge in [0, 0.05) is 0 Å². The molecule has 0 radical (unpaired) electrons. The predicted molar refractivity (Wildman–Crippen MR) is 132 cm³/mol. The van der Waals surface area contributed by atoms with Crippen molar-refractivity contribution in [1.82, 2.24) is 9.78 Å². The van der Waals surface area contributed by atoms with Gasteiger partial charge in [0.2, 0.25) is 5.91 Å². The van der Waals surface area contributed by atoms with Gasteiger partial charge in [-0.2, -0.15) is 5.10 Å². The fourth-order valence-electron chi connectivity index (χ4n) is 5.41. The molecule has 2 aromatic rings. The Morgan fingerprint density at radius 3 is 2.53 bits per heavy atom. The number of halogens is 2. The molecule has 2 N–H and O–H groups in total. The van der Waals surface area contributed by atoms with Gasteiger partial charge in [-0.25, -0.2) is 13.5 Å². The van der Waals surface area contributed by atoms with Crippen molar-refractivity contribution in [3.05, 3.63) is 90.4 Å². The molecule has 1 amide bonds. The minimum Gasteiger partial charge on any atom is -0.481 e. The van der Waals surface area contributed by atoms with Crippen LogP contribution in [-0.2, 0) is 15.1 Å². The van der Waals surface area contributed by atoms with Crippen LogP contribution in [0.15, 0.2) is 79.1 Å². The van der Waals surface area contributed by atoms with E-state index in [9.17, 15) is 14.7 Å². The number of allylic oxidation sites excluding steroid dienone is 7. The number of carbonyl (C=O) groups excluding carboxylic acids is 1. The molecule has 8 heteroatoms. The first kappa shape index (κ1) is 23.9. The van der Waals surface area contributed by atoms with Gasteiger partial charge >= 0.3 is 5.97 Å². The smallest absolute Gasteiger partial charge is 0.312 e. The number of aliphatic carboxylic acids is 1. The molecule has 0 bridgehead atoms. The first-order valence-electron chi connectivity index (χ1n) is 12.0. The normalized spacial score (nSPS) is 28.0. The Labute approximate surface area is 207 Å². The van der Waals surface area contributed by atoms with Gasteiger partial charge in [0.1, 0.15) is 11.7 Å². The number of nitrogens with zero attached hydrogens (tertiary/aromatic N) is 2. The molecule has 5 rings (SSSR count). The molecule has 1 saturated carbocycles. The first-order chi connectivity index (χ1) is 17.3. The van der Waals surface area contributed by atoms with Gasteiger partial charge < -0.3 is 10.4 Å². The average Bonchev–Trinajstić information content (AvgIpc) is 3.65. The number of carboxylic acids is 1. The number of nitrogens with one attached hydrogen (secondary N) is 1. The van der Waals surface area contributed by atoms with Crippen molar-refractivity contribution in [3.63, 3.8) is 0 Å². The molecule has 2 unspecified atom stereocenters. The molecule has 0 aliphatic heterocycles. The second-order valence-electron chi connectivity index (χ2n) is 9.64. The number of carbonyl (C=O) groups is 2. The van der Waals surface area contributed by atoms with Crippen LogP contribution in [0.1, 0.15) is 38.2 Å². The highest BCUT2D eigenvalue weighted by Crippen LogP contribution is 2.62. The van der Waals surface area contributed by atoms with E-state index in [1.54, 1.807) is 18.2 Å². The van der Waals surface area contributed by atoms with E-state index in [1.807, 2.05) is 49.4 Å². The Hall–Kier alpha value is -3.81. The Bertz CT molecular complexity index is 1320. The zero-order chi connectivity index (χ0) is 25.6. The van der Waals surface area contributed by atoms with Crippen LogP contribution in [-0.4, -0.2) is 32.9 Å². The highest BCUT2D eigenvalue weighted by Gasteiger charge is 2.69. The molecular weight excluding hydrogens is 464 g/mol. The largest absolute Gasteiger partial charge is 0.481 e. The lowest BCUT2D eigenvalue weighted by molar-refractivity contribution is -0.149. The molecule has 0 spiro atoms. The van der Waals surface area contributed by atoms with Crippen LogP contribution < -0.4 is 5.32 Å². The van der Waals surface area contributed by atoms with E-state index in [0.717, 1.165) is 16.4 Å². The van der Waals surface area contributed by atoms with Crippen LogP contribution in [0.3, 0.4) is 0 Å². The molecule has 3 aliphatic rings. The molecule has 1 fully saturated rings. The molecule has 1 heterocycles. The first-order valence-corrected chi connectivity index (χ1v) is 12.0. The third kappa shape index (κ3) is 3.46. The van der Waals surface area contributed by atoms with Crippen LogP contribution in [0.5, 0.6) is 0 Å². The van der Waals surface area contributed by atoms with Crippen molar-refractivity contribution >= 4 is 23.3 Å². The molecule has 1 aromatic carbocycles. The molecule has 186 valence electrons. The number of carboxylic acid groups (broad SMARTS) is 1. The topological polar surface area (TPSA) is 84.2 Å². The summed E-state index contributed by atoms with van der Waals surface area (Å²) >= 11 is 0. The summed E-state index contributed by atoms with van der Waals surface area (Å²) in [5.74, 6) is -2.85. The van der Waals surface area contributed by atoms with Crippen LogP contribution in [0.2, 0.25) is 0 Å². The van der Waals surface area contributed by atoms with Gasteiger partial charge in [0.25, 0.3) is 0 Å². The van der Waals surface area contributed by atoms with Gasteiger partial charge in [0.05, 0.1) is 17.0 Å². The summed E-state index contributed by atoms with van der Waals surface area (Å²) in [5, 5.41) is 16.9. The maximum absolute atomic E-state index is 16.3. The Morgan fingerprint density at radius 2 is 1.94 bits per heavy atom. The van der Waals surface area contributed by atoms with Gasteiger partial charge in [-0.15, -0.1) is 0 Å². The minimum atomic E-state index is -1.86. The number of benzene rings is 1. The number of hydrogen-bond donors (Lipinski definition) is 2. The van der Waals surface area contributed by atoms with Crippen molar-refractivity contribution in [2.45, 2.75) is 44.3 Å². The van der Waals surface area contributed by atoms with Crippen LogP contribution >= 0.6 is 0 Å². The summed E-state index contributed by atoms with van der Waals surface area (Å²) < 4.78 is 32.5. The second-order valence-corrected chi connectivity index (χ2v) is 9.64. The average molecular weight is 492 g/mol. The Balaban J connectivity index is 1.60. The van der Waals surface area contributed by atoms with E-state index < -0.39 is 40.2 Å². The van der Waals surface area contributed by atoms with E-state index in [1.165, 1.54) is 12.2 Å². The monoisotopic (exact) mass is 491 g/mol. The number of alkyl halides is 1. The van der Waals surface area contributed by atoms with Crippen molar-refractivity contribution in [2.75, 3.05) is 5.32 Å². The Kier molecular flexibility index (Phi) is 5.77. The molecule has 0 saturated heterocycles. The lowest BCUT2D eigenvalue weighted by Gasteiger charge is -2.41. The molecule has 3 aliphatic carbocycles. The zero-order valence-corrected chi connectivity index (χ0v) is 19.8. The van der Waals surface area contributed by atoms with E-state index in [4.69, 9.17) is 0 Å². The predicted octanol–water partition coefficient (Wildman–Crippen LogP) is 5.42. The molecule has 6 nitrogen and oxygen atoms in total. The fraction of sp³-hybridized carbons (Fsp3) is 0.321. The minimum absolute atomic E-state index is 0.197. The third-order valence-corrected chi connectivity index (χ3v) is 7.83. The van der Waals surface area contributed by atoms with Gasteiger partial charge in [-0.1, -0.05) is 73.7 Å². The zero-order valence-electron chi connectivity index (χ0n) is 19.8. The quantitative estimate of drug-likeness (QED) is 0.541. The Morgan fingerprint density at radius 1 is 1.19 bits per heavy atom. The second kappa shape index (κ2) is 8.69. The summed E-state index contributed by atoms with van der Waals surface area (Å²) in [7, 11) is 0. The van der Waals surface area contributed by atoms with Crippen molar-refractivity contribution in [2.24, 2.45) is 10.8 Å². The molecule has 3 atom stereocenters. The van der Waals surface area contributed by atoms with Crippen molar-refractivity contribution in [3.8, 4) is 0 Å². The highest BCUT2D eigenvalue weighted by atomic mass is 19.1. The fourth-order valence-corrected chi connectivity index (χ4v) is 5.41. The number of aromatic nitrogens is 2. The van der Waals surface area contributed by atoms with Gasteiger partial charge in [-0.05, 0) is 42.9 Å². The number of hydrogen-bond acceptors (Lipinski definition) is 3. The molecular formula is C28H27F2N3O3. The maximum atomic E-state index is 16.3. The lowest BCUT2D eigenvalue weighted by atomic mass is 9.73. The SMILES string of the molecule is CCC1(C(=O)Nc2c(F)cnn2C2(C3(C(=O)O)CC3)C=CC(c3ccccc3)=C[C@H]2F)C=CC=CC1. The summed E-state index contributed by atoms with van der Waals surface area (Å²) in [6, 6.07) is 9.16. The number of anilines is 1. The van der Waals surface area contributed by atoms with E-state index in [-0.39, 0.29) is 18.7 Å². The number of amides is 1. The van der Waals surface area contributed by atoms with E-state index in [0.29, 0.717) is 18.4 Å². The van der Waals surface area contributed by atoms with Gasteiger partial charge in [0.15, 0.2) is 11.6 Å². The van der Waals surface area contributed by atoms with E-state index >= 15 is 8.78 Å². The van der Waals surface area contributed by atoms with Crippen LogP contribution in [0.25, 0.3) is 5.57 Å². The lowest BCUT2D eigenvalue weighted by Crippen LogP contribution is -2.53. The summed E-state index contributed by atoms with van der Waals surface area (Å²) in [6.07, 6.45) is 12.1. The van der Waals surface area contributed by atoms with Crippen LogP contribution in [0, 0.1) is 16.6 Å². The molecule has 1 aromatic heterocycles. The van der Waals surface area contributed by atoms with Crippen LogP contribution in [0.4, 0.5) is 14.6 Å². The third-order valence-electron chi connectivity index (χ3n) is 7.83. The summed E-state index contributed by atoms with van der Waals surface area (Å²) in [4.78, 5) is 25.9. The highest BCUT2D eigenvalue weighted by molar-refractivity contribution is 5.96. The van der Waals surface area contributed by atoms with Crippen molar-refractivity contribution < 1.29 is 23.5 Å². The summed E-state index contributed by atoms with van der Waals surface area (Å²) in [6.45, 7) is 1.86. The number of rotatable bonds is 7. The van der Waals surface area contributed by atoms with Gasteiger partial charge in [-0.3, -0.25) is 9.59 Å². The maximum Gasteiger partial charge on any atom is 0.312 e. The van der Waals surface area contributed by atoms with Crippen molar-refractivity contribution in [1.29, 1.82) is 0 Å². The standard InChI is InChI=1S/C28H27F2N3O3/c1-2-26(12-7-4-8-13-26)24(34)32-23-21(29)18-31-33(23)28(27(15-16-27)25(35)36)14-11-20(17-22(28)30)19-9-5-3-6-10-19/h3-12,14,17-18,22H,2,13,15-16H2,1H3,(H,32,34)(H,35,36)/t22-,26?,28?/m1/s1.